The van der Waals surface area contributed by atoms with Crippen LogP contribution in [0.3, 0.4) is 0 Å². The van der Waals surface area contributed by atoms with Crippen LogP contribution in [0.15, 0.2) is 0 Å². The van der Waals surface area contributed by atoms with Crippen LogP contribution in [0.2, 0.25) is 0 Å². The lowest BCUT2D eigenvalue weighted by Crippen LogP contribution is -2.49. The van der Waals surface area contributed by atoms with Crippen LogP contribution in [-0.2, 0) is 0 Å². The van der Waals surface area contributed by atoms with E-state index in [-0.39, 0.29) is 12.6 Å². The van der Waals surface area contributed by atoms with E-state index in [1.165, 1.54) is 25.7 Å². The summed E-state index contributed by atoms with van der Waals surface area (Å²) < 4.78 is 0. The normalized spacial score (nSPS) is 19.3. The minimum atomic E-state index is 0.212. The fourth-order valence-corrected chi connectivity index (χ4v) is 3.03. The zero-order valence-electron chi connectivity index (χ0n) is 12.7. The number of aliphatic hydroxyl groups is 1. The van der Waals surface area contributed by atoms with E-state index >= 15 is 0 Å². The second-order valence-electron chi connectivity index (χ2n) is 6.49. The zero-order valence-corrected chi connectivity index (χ0v) is 12.7. The van der Waals surface area contributed by atoms with Crippen molar-refractivity contribution in [1.82, 2.24) is 10.2 Å². The quantitative estimate of drug-likeness (QED) is 0.699. The van der Waals surface area contributed by atoms with E-state index in [1.807, 2.05) is 0 Å². The highest BCUT2D eigenvalue weighted by Gasteiger charge is 2.25. The van der Waals surface area contributed by atoms with Crippen molar-refractivity contribution in [2.75, 3.05) is 19.7 Å². The topological polar surface area (TPSA) is 35.5 Å². The van der Waals surface area contributed by atoms with E-state index in [4.69, 9.17) is 0 Å². The molecule has 1 unspecified atom stereocenters. The summed E-state index contributed by atoms with van der Waals surface area (Å²) in [6.07, 6.45) is 5.43. The molecule has 0 saturated heterocycles. The Hall–Kier alpha value is -0.120. The SMILES string of the molecule is CC(C)CN(CC(CO)NC(C)C)C1CCCC1. The summed E-state index contributed by atoms with van der Waals surface area (Å²) >= 11 is 0. The van der Waals surface area contributed by atoms with Gasteiger partial charge in [-0.1, -0.05) is 40.5 Å². The molecule has 1 aliphatic carbocycles. The van der Waals surface area contributed by atoms with Crippen LogP contribution >= 0.6 is 0 Å². The third kappa shape index (κ3) is 5.68. The molecular weight excluding hydrogens is 224 g/mol. The Morgan fingerprint density at radius 1 is 1.11 bits per heavy atom. The van der Waals surface area contributed by atoms with Crippen molar-refractivity contribution in [2.24, 2.45) is 5.92 Å². The van der Waals surface area contributed by atoms with Crippen molar-refractivity contribution in [3.8, 4) is 0 Å². The van der Waals surface area contributed by atoms with E-state index in [0.717, 1.165) is 19.1 Å². The van der Waals surface area contributed by atoms with Crippen LogP contribution in [0.1, 0.15) is 53.4 Å². The van der Waals surface area contributed by atoms with E-state index in [1.54, 1.807) is 0 Å². The van der Waals surface area contributed by atoms with Crippen LogP contribution in [-0.4, -0.2) is 47.8 Å². The molecule has 0 bridgehead atoms. The second kappa shape index (κ2) is 8.13. The van der Waals surface area contributed by atoms with E-state index in [0.29, 0.717) is 12.0 Å². The third-order valence-corrected chi connectivity index (χ3v) is 3.69. The molecule has 0 amide bonds. The van der Waals surface area contributed by atoms with Crippen LogP contribution in [0.25, 0.3) is 0 Å². The largest absolute Gasteiger partial charge is 0.395 e. The predicted octanol–water partition coefficient (Wildman–Crippen LogP) is 2.25. The van der Waals surface area contributed by atoms with Gasteiger partial charge < -0.3 is 10.4 Å². The highest BCUT2D eigenvalue weighted by Crippen LogP contribution is 2.24. The Balaban J connectivity index is 2.52. The molecular formula is C15H32N2O. The minimum Gasteiger partial charge on any atom is -0.395 e. The number of aliphatic hydroxyl groups excluding tert-OH is 1. The van der Waals surface area contributed by atoms with Gasteiger partial charge in [-0.15, -0.1) is 0 Å². The Morgan fingerprint density at radius 3 is 2.17 bits per heavy atom. The van der Waals surface area contributed by atoms with Gasteiger partial charge in [0.1, 0.15) is 0 Å². The Labute approximate surface area is 113 Å². The van der Waals surface area contributed by atoms with Gasteiger partial charge in [0.2, 0.25) is 0 Å². The summed E-state index contributed by atoms with van der Waals surface area (Å²) in [7, 11) is 0. The Bertz CT molecular complexity index is 213. The molecule has 1 atom stereocenters. The molecule has 1 fully saturated rings. The maximum atomic E-state index is 9.51. The number of nitrogens with one attached hydrogen (secondary N) is 1. The van der Waals surface area contributed by atoms with Crippen molar-refractivity contribution in [3.05, 3.63) is 0 Å². The molecule has 1 aliphatic rings. The lowest BCUT2D eigenvalue weighted by atomic mass is 10.1. The van der Waals surface area contributed by atoms with E-state index in [2.05, 4.69) is 37.9 Å². The molecule has 1 saturated carbocycles. The van der Waals surface area contributed by atoms with Crippen molar-refractivity contribution < 1.29 is 5.11 Å². The number of hydrogen-bond donors (Lipinski definition) is 2. The standard InChI is InChI=1S/C15H32N2O/c1-12(2)9-17(15-7-5-6-8-15)10-14(11-18)16-13(3)4/h12-16,18H,5-11H2,1-4H3. The first kappa shape index (κ1) is 15.9. The Kier molecular flexibility index (Phi) is 7.20. The van der Waals surface area contributed by atoms with Crippen molar-refractivity contribution in [1.29, 1.82) is 0 Å². The smallest absolute Gasteiger partial charge is 0.0597 e. The zero-order chi connectivity index (χ0) is 13.5. The predicted molar refractivity (Wildman–Crippen MR) is 77.8 cm³/mol. The van der Waals surface area contributed by atoms with Crippen LogP contribution in [0.5, 0.6) is 0 Å². The summed E-state index contributed by atoms with van der Waals surface area (Å²) in [4.78, 5) is 2.61. The molecule has 0 heterocycles. The average Bonchev–Trinajstić information content (AvgIpc) is 2.79. The molecule has 0 radical (unpaired) electrons. The van der Waals surface area contributed by atoms with Crippen LogP contribution in [0.4, 0.5) is 0 Å². The molecule has 0 aromatic heterocycles. The fraction of sp³-hybridized carbons (Fsp3) is 1.00. The number of hydrogen-bond acceptors (Lipinski definition) is 3. The average molecular weight is 256 g/mol. The summed E-state index contributed by atoms with van der Waals surface area (Å²) in [5.41, 5.74) is 0. The molecule has 0 spiro atoms. The molecule has 1 rings (SSSR count). The number of rotatable bonds is 8. The molecule has 0 aromatic carbocycles. The maximum Gasteiger partial charge on any atom is 0.0597 e. The van der Waals surface area contributed by atoms with Gasteiger partial charge in [-0.2, -0.15) is 0 Å². The van der Waals surface area contributed by atoms with E-state index in [9.17, 15) is 5.11 Å². The first-order valence-corrected chi connectivity index (χ1v) is 7.63. The molecule has 2 N–H and O–H groups in total. The van der Waals surface area contributed by atoms with Gasteiger partial charge in [-0.05, 0) is 18.8 Å². The van der Waals surface area contributed by atoms with Gasteiger partial charge >= 0.3 is 0 Å². The number of nitrogens with zero attached hydrogens (tertiary/aromatic N) is 1. The molecule has 3 nitrogen and oxygen atoms in total. The monoisotopic (exact) mass is 256 g/mol. The van der Waals surface area contributed by atoms with Gasteiger partial charge in [0.05, 0.1) is 6.61 Å². The van der Waals surface area contributed by atoms with E-state index < -0.39 is 0 Å². The van der Waals surface area contributed by atoms with Gasteiger partial charge in [0.15, 0.2) is 0 Å². The molecule has 3 heteroatoms. The molecule has 108 valence electrons. The first-order chi connectivity index (χ1) is 8.52. The van der Waals surface area contributed by atoms with Gasteiger partial charge in [-0.3, -0.25) is 4.90 Å². The highest BCUT2D eigenvalue weighted by atomic mass is 16.3. The Morgan fingerprint density at radius 2 is 1.72 bits per heavy atom. The van der Waals surface area contributed by atoms with Crippen molar-refractivity contribution in [2.45, 2.75) is 71.5 Å². The minimum absolute atomic E-state index is 0.212. The van der Waals surface area contributed by atoms with Crippen molar-refractivity contribution in [3.63, 3.8) is 0 Å². The molecule has 0 aliphatic heterocycles. The second-order valence-corrected chi connectivity index (χ2v) is 6.49. The highest BCUT2D eigenvalue weighted by molar-refractivity contribution is 4.82. The molecule has 0 aromatic rings. The van der Waals surface area contributed by atoms with Crippen LogP contribution in [0, 0.1) is 5.92 Å². The summed E-state index contributed by atoms with van der Waals surface area (Å²) in [6, 6.07) is 1.39. The lowest BCUT2D eigenvalue weighted by molar-refractivity contribution is 0.129. The maximum absolute atomic E-state index is 9.51. The van der Waals surface area contributed by atoms with Crippen LogP contribution < -0.4 is 5.32 Å². The van der Waals surface area contributed by atoms with Gasteiger partial charge in [-0.25, -0.2) is 0 Å². The summed E-state index contributed by atoms with van der Waals surface area (Å²) in [6.45, 7) is 11.2. The summed E-state index contributed by atoms with van der Waals surface area (Å²) in [5, 5.41) is 13.0. The van der Waals surface area contributed by atoms with Gasteiger partial charge in [0, 0.05) is 31.2 Å². The first-order valence-electron chi connectivity index (χ1n) is 7.63. The lowest BCUT2D eigenvalue weighted by Gasteiger charge is -2.34. The van der Waals surface area contributed by atoms with Crippen molar-refractivity contribution >= 4 is 0 Å². The molecule has 18 heavy (non-hydrogen) atoms. The fourth-order valence-electron chi connectivity index (χ4n) is 3.03. The third-order valence-electron chi connectivity index (χ3n) is 3.69. The van der Waals surface area contributed by atoms with Gasteiger partial charge in [0.25, 0.3) is 0 Å². The summed E-state index contributed by atoms with van der Waals surface area (Å²) in [5.74, 6) is 0.698.